The van der Waals surface area contributed by atoms with Gasteiger partial charge in [-0.05, 0) is 13.1 Å². The van der Waals surface area contributed by atoms with E-state index in [2.05, 4.69) is 31.6 Å². The van der Waals surface area contributed by atoms with Crippen LogP contribution in [0.25, 0.3) is 0 Å². The molecule has 1 aromatic carbocycles. The average Bonchev–Trinajstić information content (AvgIpc) is 2.73. The maximum Gasteiger partial charge on any atom is 0.224 e. The van der Waals surface area contributed by atoms with E-state index >= 15 is 0 Å². The number of carbonyl (C=O) groups is 1. The van der Waals surface area contributed by atoms with Gasteiger partial charge in [0, 0.05) is 51.3 Å². The Morgan fingerprint density at radius 2 is 2.00 bits per heavy atom. The third-order valence-electron chi connectivity index (χ3n) is 4.83. The molecule has 0 unspecified atom stereocenters. The predicted molar refractivity (Wildman–Crippen MR) is 109 cm³/mol. The van der Waals surface area contributed by atoms with Crippen LogP contribution in [0.2, 0.25) is 0 Å². The van der Waals surface area contributed by atoms with Crippen LogP contribution >= 0.6 is 0 Å². The number of aromatic nitrogens is 2. The summed E-state index contributed by atoms with van der Waals surface area (Å²) in [7, 11) is 2.05. The Kier molecular flexibility index (Phi) is 6.81. The first kappa shape index (κ1) is 20.4. The smallest absolute Gasteiger partial charge is 0.224 e. The van der Waals surface area contributed by atoms with E-state index in [1.54, 1.807) is 18.2 Å². The molecule has 0 saturated carbocycles. The van der Waals surface area contributed by atoms with E-state index < -0.39 is 0 Å². The zero-order valence-electron chi connectivity index (χ0n) is 16.4. The number of aromatic hydroxyl groups is 1. The Morgan fingerprint density at radius 1 is 1.24 bits per heavy atom. The highest BCUT2D eigenvalue weighted by molar-refractivity contribution is 5.77. The monoisotopic (exact) mass is 395 g/mol. The van der Waals surface area contributed by atoms with E-state index in [-0.39, 0.29) is 11.7 Å². The molecule has 1 aliphatic heterocycles. The van der Waals surface area contributed by atoms with Gasteiger partial charge in [-0.2, -0.15) is 10.2 Å². The van der Waals surface area contributed by atoms with Crippen molar-refractivity contribution in [3.05, 3.63) is 41.6 Å². The molecule has 9 nitrogen and oxygen atoms in total. The number of hydrogen-bond acceptors (Lipinski definition) is 8. The Balaban J connectivity index is 1.55. The second-order valence-electron chi connectivity index (χ2n) is 6.91. The van der Waals surface area contributed by atoms with E-state index in [9.17, 15) is 15.2 Å². The molecule has 0 bridgehead atoms. The lowest BCUT2D eigenvalue weighted by atomic mass is 10.2. The molecule has 0 spiro atoms. The highest BCUT2D eigenvalue weighted by atomic mass is 16.3. The molecule has 29 heavy (non-hydrogen) atoms. The molecule has 0 aliphatic carbocycles. The number of likely N-dealkylation sites (N-methyl/N-ethyl adjacent to an activating group) is 1. The van der Waals surface area contributed by atoms with E-state index in [1.807, 2.05) is 18.0 Å². The number of rotatable bonds is 7. The van der Waals surface area contributed by atoms with Gasteiger partial charge in [0.1, 0.15) is 23.2 Å². The Hall–Kier alpha value is -3.38. The quantitative estimate of drug-likeness (QED) is 0.641. The molecule has 1 fully saturated rings. The van der Waals surface area contributed by atoms with Crippen molar-refractivity contribution in [2.75, 3.05) is 50.4 Å². The lowest BCUT2D eigenvalue weighted by Crippen LogP contribution is -2.47. The molecule has 152 valence electrons. The number of phenols is 1. The molecule has 9 heteroatoms. The molecule has 1 amide bonds. The van der Waals surface area contributed by atoms with Gasteiger partial charge < -0.3 is 25.5 Å². The molecule has 3 N–H and O–H groups in total. The number of anilines is 2. The van der Waals surface area contributed by atoms with Crippen LogP contribution in [0.5, 0.6) is 5.75 Å². The Labute approximate surface area is 170 Å². The number of benzene rings is 1. The molecular weight excluding hydrogens is 370 g/mol. The van der Waals surface area contributed by atoms with E-state index in [0.717, 1.165) is 26.2 Å². The van der Waals surface area contributed by atoms with Gasteiger partial charge in [0.15, 0.2) is 0 Å². The minimum Gasteiger partial charge on any atom is -0.508 e. The summed E-state index contributed by atoms with van der Waals surface area (Å²) in [6, 6.07) is 9.06. The number of piperazine rings is 1. The van der Waals surface area contributed by atoms with Crippen molar-refractivity contribution in [1.82, 2.24) is 19.8 Å². The van der Waals surface area contributed by atoms with Crippen LogP contribution in [0.15, 0.2) is 30.5 Å². The number of para-hydroxylation sites is 1. The second kappa shape index (κ2) is 9.71. The van der Waals surface area contributed by atoms with Gasteiger partial charge >= 0.3 is 0 Å². The van der Waals surface area contributed by atoms with Gasteiger partial charge in [-0.15, -0.1) is 0 Å². The van der Waals surface area contributed by atoms with Crippen LogP contribution in [-0.2, 0) is 11.3 Å². The van der Waals surface area contributed by atoms with Crippen molar-refractivity contribution in [3.8, 4) is 11.8 Å². The van der Waals surface area contributed by atoms with Crippen LogP contribution in [0.3, 0.4) is 0 Å². The van der Waals surface area contributed by atoms with E-state index in [1.165, 1.54) is 6.20 Å². The average molecular weight is 395 g/mol. The molecule has 0 atom stereocenters. The molecule has 2 aromatic rings. The highest BCUT2D eigenvalue weighted by Gasteiger charge is 2.18. The number of phenolic OH excluding ortho intramolecular Hbond substituents is 1. The first-order valence-electron chi connectivity index (χ1n) is 9.55. The second-order valence-corrected chi connectivity index (χ2v) is 6.91. The lowest BCUT2D eigenvalue weighted by molar-refractivity contribution is -0.132. The largest absolute Gasteiger partial charge is 0.508 e. The molecular formula is C20H25N7O2. The number of hydrogen-bond donors (Lipinski definition) is 3. The van der Waals surface area contributed by atoms with Crippen LogP contribution in [-0.4, -0.2) is 70.6 Å². The topological polar surface area (TPSA) is 117 Å². The van der Waals surface area contributed by atoms with Crippen molar-refractivity contribution in [2.24, 2.45) is 0 Å². The first-order chi connectivity index (χ1) is 14.1. The molecule has 1 saturated heterocycles. The summed E-state index contributed by atoms with van der Waals surface area (Å²) >= 11 is 0. The number of nitrogens with zero attached hydrogens (tertiary/aromatic N) is 5. The van der Waals surface area contributed by atoms with Gasteiger partial charge in [-0.3, -0.25) is 4.79 Å². The Bertz CT molecular complexity index is 889. The van der Waals surface area contributed by atoms with Crippen molar-refractivity contribution >= 4 is 17.7 Å². The van der Waals surface area contributed by atoms with Crippen LogP contribution < -0.4 is 10.6 Å². The van der Waals surface area contributed by atoms with Crippen LogP contribution in [0.4, 0.5) is 11.8 Å². The van der Waals surface area contributed by atoms with Gasteiger partial charge in [0.25, 0.3) is 0 Å². The van der Waals surface area contributed by atoms with Crippen molar-refractivity contribution in [3.63, 3.8) is 0 Å². The SMILES string of the molecule is CN1CCN(C(=O)CCNc2nc(NCc3ccccc3O)ncc2C#N)CC1. The van der Waals surface area contributed by atoms with Crippen LogP contribution in [0, 0.1) is 11.3 Å². The summed E-state index contributed by atoms with van der Waals surface area (Å²) in [5.41, 5.74) is 1.03. The number of nitriles is 1. The number of nitrogens with one attached hydrogen (secondary N) is 2. The normalized spacial score (nSPS) is 14.3. The fourth-order valence-electron chi connectivity index (χ4n) is 3.02. The standard InChI is InChI=1S/C20H25N7O2/c1-26-8-10-27(11-9-26)18(29)6-7-22-19-16(12-21)14-24-20(25-19)23-13-15-4-2-3-5-17(15)28/h2-5,14,28H,6-11,13H2,1H3,(H2,22,23,24,25). The molecule has 1 aliphatic rings. The van der Waals surface area contributed by atoms with Gasteiger partial charge in [0.2, 0.25) is 11.9 Å². The van der Waals surface area contributed by atoms with Crippen LogP contribution in [0.1, 0.15) is 17.5 Å². The summed E-state index contributed by atoms with van der Waals surface area (Å²) in [5.74, 6) is 0.999. The molecule has 0 radical (unpaired) electrons. The third kappa shape index (κ3) is 5.56. The molecule has 3 rings (SSSR count). The van der Waals surface area contributed by atoms with Gasteiger partial charge in [-0.1, -0.05) is 18.2 Å². The first-order valence-corrected chi connectivity index (χ1v) is 9.55. The van der Waals surface area contributed by atoms with Crippen molar-refractivity contribution in [2.45, 2.75) is 13.0 Å². The number of amides is 1. The molecule has 1 aromatic heterocycles. The zero-order chi connectivity index (χ0) is 20.6. The van der Waals surface area contributed by atoms with Crippen molar-refractivity contribution < 1.29 is 9.90 Å². The van der Waals surface area contributed by atoms with E-state index in [4.69, 9.17) is 0 Å². The van der Waals surface area contributed by atoms with Gasteiger partial charge in [-0.25, -0.2) is 4.98 Å². The maximum absolute atomic E-state index is 12.3. The highest BCUT2D eigenvalue weighted by Crippen LogP contribution is 2.18. The summed E-state index contributed by atoms with van der Waals surface area (Å²) in [4.78, 5) is 24.9. The summed E-state index contributed by atoms with van der Waals surface area (Å²) in [6.45, 7) is 3.99. The minimum atomic E-state index is 0.0936. The van der Waals surface area contributed by atoms with E-state index in [0.29, 0.717) is 42.4 Å². The summed E-state index contributed by atoms with van der Waals surface area (Å²) in [6.07, 6.45) is 1.77. The fourth-order valence-corrected chi connectivity index (χ4v) is 3.02. The minimum absolute atomic E-state index is 0.0936. The third-order valence-corrected chi connectivity index (χ3v) is 4.83. The summed E-state index contributed by atoms with van der Waals surface area (Å²) in [5, 5.41) is 25.2. The summed E-state index contributed by atoms with van der Waals surface area (Å²) < 4.78 is 0. The maximum atomic E-state index is 12.3. The predicted octanol–water partition coefficient (Wildman–Crippen LogP) is 1.24. The molecule has 2 heterocycles. The van der Waals surface area contributed by atoms with Crippen molar-refractivity contribution in [1.29, 1.82) is 5.26 Å². The zero-order valence-corrected chi connectivity index (χ0v) is 16.4. The number of carbonyl (C=O) groups excluding carboxylic acids is 1. The van der Waals surface area contributed by atoms with Gasteiger partial charge in [0.05, 0.1) is 6.20 Å². The lowest BCUT2D eigenvalue weighted by Gasteiger charge is -2.32. The Morgan fingerprint density at radius 3 is 2.72 bits per heavy atom. The fraction of sp³-hybridized carbons (Fsp3) is 0.400.